The van der Waals surface area contributed by atoms with Crippen LogP contribution < -0.4 is 5.73 Å². The minimum atomic E-state index is -0.458. The summed E-state index contributed by atoms with van der Waals surface area (Å²) >= 11 is 6.08. The van der Waals surface area contributed by atoms with Gasteiger partial charge in [0.25, 0.3) is 0 Å². The number of halogens is 1. The fraction of sp³-hybridized carbons (Fsp3) is 0.545. The molecule has 5 heteroatoms. The molecule has 0 spiro atoms. The van der Waals surface area contributed by atoms with Crippen molar-refractivity contribution >= 4 is 23.3 Å². The summed E-state index contributed by atoms with van der Waals surface area (Å²) in [4.78, 5) is 11.6. The number of aryl methyl sites for hydroxylation is 1. The third-order valence-electron chi connectivity index (χ3n) is 2.27. The van der Waals surface area contributed by atoms with Gasteiger partial charge < -0.3 is 15.0 Å². The van der Waals surface area contributed by atoms with Crippen LogP contribution in [0.2, 0.25) is 5.15 Å². The number of nitrogen functional groups attached to an aromatic ring is 1. The number of anilines is 1. The van der Waals surface area contributed by atoms with E-state index in [-0.39, 0.29) is 5.56 Å². The van der Waals surface area contributed by atoms with Crippen LogP contribution in [-0.4, -0.2) is 17.1 Å². The maximum Gasteiger partial charge on any atom is 0.343 e. The topological polar surface area (TPSA) is 57.2 Å². The van der Waals surface area contributed by atoms with Gasteiger partial charge in [0, 0.05) is 12.7 Å². The smallest absolute Gasteiger partial charge is 0.343 e. The Labute approximate surface area is 100 Å². The number of carbonyl (C=O) groups excluding carboxylic acids is 1. The van der Waals surface area contributed by atoms with Gasteiger partial charge in [-0.05, 0) is 13.3 Å². The number of nitrogens with two attached hydrogens (primary N) is 1. The first-order valence-corrected chi connectivity index (χ1v) is 5.80. The van der Waals surface area contributed by atoms with Crippen LogP contribution in [-0.2, 0) is 11.3 Å². The van der Waals surface area contributed by atoms with Crippen molar-refractivity contribution < 1.29 is 9.53 Å². The normalized spacial score (nSPS) is 10.4. The molecule has 1 heterocycles. The molecule has 90 valence electrons. The predicted molar refractivity (Wildman–Crippen MR) is 64.7 cm³/mol. The lowest BCUT2D eigenvalue weighted by molar-refractivity contribution is 0.0527. The number of unbranched alkanes of at least 4 members (excludes halogenated alkanes) is 1. The fourth-order valence-corrected chi connectivity index (χ4v) is 1.77. The lowest BCUT2D eigenvalue weighted by Crippen LogP contribution is -2.07. The van der Waals surface area contributed by atoms with Gasteiger partial charge in [-0.15, -0.1) is 0 Å². The van der Waals surface area contributed by atoms with E-state index in [0.29, 0.717) is 17.4 Å². The van der Waals surface area contributed by atoms with Gasteiger partial charge in [-0.3, -0.25) is 0 Å². The van der Waals surface area contributed by atoms with E-state index >= 15 is 0 Å². The molecule has 0 aliphatic heterocycles. The molecule has 0 atom stereocenters. The van der Waals surface area contributed by atoms with E-state index in [1.807, 2.05) is 0 Å². The number of nitrogens with zero attached hydrogens (tertiary/aromatic N) is 1. The van der Waals surface area contributed by atoms with Crippen molar-refractivity contribution in [3.63, 3.8) is 0 Å². The molecule has 1 rings (SSSR count). The summed E-state index contributed by atoms with van der Waals surface area (Å²) in [5, 5.41) is 0.365. The SMILES string of the molecule is CCCCn1cc(N)c(C(=O)OCC)c1Cl. The van der Waals surface area contributed by atoms with Crippen LogP contribution in [0, 0.1) is 0 Å². The molecule has 4 nitrogen and oxygen atoms in total. The highest BCUT2D eigenvalue weighted by Crippen LogP contribution is 2.26. The Morgan fingerprint density at radius 1 is 1.56 bits per heavy atom. The van der Waals surface area contributed by atoms with Gasteiger partial charge in [0.2, 0.25) is 0 Å². The Morgan fingerprint density at radius 3 is 2.81 bits per heavy atom. The molecule has 0 fully saturated rings. The molecule has 1 aromatic rings. The van der Waals surface area contributed by atoms with Crippen LogP contribution in [0.3, 0.4) is 0 Å². The van der Waals surface area contributed by atoms with Gasteiger partial charge >= 0.3 is 5.97 Å². The standard InChI is InChI=1S/C11H17ClN2O2/c1-3-5-6-14-7-8(13)9(10(14)12)11(15)16-4-2/h7H,3-6,13H2,1-2H3. The van der Waals surface area contributed by atoms with E-state index in [1.54, 1.807) is 17.7 Å². The first-order valence-electron chi connectivity index (χ1n) is 5.43. The molecule has 16 heavy (non-hydrogen) atoms. The van der Waals surface area contributed by atoms with Crippen LogP contribution in [0.1, 0.15) is 37.0 Å². The van der Waals surface area contributed by atoms with Crippen LogP contribution >= 0.6 is 11.6 Å². The quantitative estimate of drug-likeness (QED) is 0.811. The van der Waals surface area contributed by atoms with Crippen molar-refractivity contribution in [1.82, 2.24) is 4.57 Å². The monoisotopic (exact) mass is 244 g/mol. The number of rotatable bonds is 5. The van der Waals surface area contributed by atoms with E-state index < -0.39 is 5.97 Å². The van der Waals surface area contributed by atoms with Gasteiger partial charge in [-0.2, -0.15) is 0 Å². The molecular formula is C11H17ClN2O2. The highest BCUT2D eigenvalue weighted by Gasteiger charge is 2.19. The van der Waals surface area contributed by atoms with Crippen molar-refractivity contribution in [1.29, 1.82) is 0 Å². The molecule has 0 aliphatic carbocycles. The summed E-state index contributed by atoms with van der Waals surface area (Å²) in [6.07, 6.45) is 3.74. The van der Waals surface area contributed by atoms with E-state index in [2.05, 4.69) is 6.92 Å². The lowest BCUT2D eigenvalue weighted by Gasteiger charge is -2.04. The molecule has 0 aliphatic rings. The summed E-state index contributed by atoms with van der Waals surface area (Å²) in [6.45, 7) is 4.91. The summed E-state index contributed by atoms with van der Waals surface area (Å²) in [5.41, 5.74) is 6.39. The summed E-state index contributed by atoms with van der Waals surface area (Å²) < 4.78 is 6.68. The van der Waals surface area contributed by atoms with E-state index in [1.165, 1.54) is 0 Å². The average Bonchev–Trinajstić information content (AvgIpc) is 2.51. The molecule has 2 N–H and O–H groups in total. The zero-order valence-electron chi connectivity index (χ0n) is 9.62. The number of hydrogen-bond donors (Lipinski definition) is 1. The van der Waals surface area contributed by atoms with Crippen molar-refractivity contribution in [2.75, 3.05) is 12.3 Å². The minimum Gasteiger partial charge on any atom is -0.462 e. The van der Waals surface area contributed by atoms with E-state index in [9.17, 15) is 4.79 Å². The van der Waals surface area contributed by atoms with E-state index in [0.717, 1.165) is 19.4 Å². The third-order valence-corrected chi connectivity index (χ3v) is 2.68. The largest absolute Gasteiger partial charge is 0.462 e. The summed E-state index contributed by atoms with van der Waals surface area (Å²) in [5.74, 6) is -0.458. The highest BCUT2D eigenvalue weighted by molar-refractivity contribution is 6.33. The predicted octanol–water partition coefficient (Wildman–Crippen LogP) is 2.70. The zero-order valence-corrected chi connectivity index (χ0v) is 10.4. The molecule has 0 bridgehead atoms. The zero-order chi connectivity index (χ0) is 12.1. The number of esters is 1. The second-order valence-electron chi connectivity index (χ2n) is 3.52. The van der Waals surface area contributed by atoms with Crippen molar-refractivity contribution in [2.24, 2.45) is 0 Å². The van der Waals surface area contributed by atoms with Crippen LogP contribution in [0.15, 0.2) is 6.20 Å². The second-order valence-corrected chi connectivity index (χ2v) is 3.88. The Bertz CT molecular complexity index is 374. The van der Waals surface area contributed by atoms with Crippen molar-refractivity contribution in [2.45, 2.75) is 33.2 Å². The molecule has 0 unspecified atom stereocenters. The Morgan fingerprint density at radius 2 is 2.25 bits per heavy atom. The van der Waals surface area contributed by atoms with Gasteiger partial charge in [0.1, 0.15) is 10.7 Å². The maximum absolute atomic E-state index is 11.6. The van der Waals surface area contributed by atoms with Crippen molar-refractivity contribution in [3.05, 3.63) is 16.9 Å². The Hall–Kier alpha value is -1.16. The minimum absolute atomic E-state index is 0.277. The van der Waals surface area contributed by atoms with Gasteiger partial charge in [-0.1, -0.05) is 24.9 Å². The highest BCUT2D eigenvalue weighted by atomic mass is 35.5. The molecular weight excluding hydrogens is 228 g/mol. The molecule has 0 aromatic carbocycles. The number of carbonyl (C=O) groups is 1. The molecule has 0 amide bonds. The Kier molecular flexibility index (Phi) is 4.68. The van der Waals surface area contributed by atoms with E-state index in [4.69, 9.17) is 22.1 Å². The Balaban J connectivity index is 2.92. The molecule has 1 aromatic heterocycles. The third kappa shape index (κ3) is 2.70. The van der Waals surface area contributed by atoms with Crippen LogP contribution in [0.4, 0.5) is 5.69 Å². The van der Waals surface area contributed by atoms with Gasteiger partial charge in [0.15, 0.2) is 0 Å². The maximum atomic E-state index is 11.6. The number of ether oxygens (including phenoxy) is 1. The first-order chi connectivity index (χ1) is 7.61. The second kappa shape index (κ2) is 5.80. The first kappa shape index (κ1) is 12.9. The van der Waals surface area contributed by atoms with Crippen LogP contribution in [0.5, 0.6) is 0 Å². The van der Waals surface area contributed by atoms with Gasteiger partial charge in [0.05, 0.1) is 12.3 Å². The summed E-state index contributed by atoms with van der Waals surface area (Å²) in [6, 6.07) is 0. The summed E-state index contributed by atoms with van der Waals surface area (Å²) in [7, 11) is 0. The average molecular weight is 245 g/mol. The fourth-order valence-electron chi connectivity index (χ4n) is 1.45. The number of hydrogen-bond acceptors (Lipinski definition) is 3. The van der Waals surface area contributed by atoms with Gasteiger partial charge in [-0.25, -0.2) is 4.79 Å². The molecule has 0 saturated heterocycles. The number of aromatic nitrogens is 1. The van der Waals surface area contributed by atoms with Crippen molar-refractivity contribution in [3.8, 4) is 0 Å². The van der Waals surface area contributed by atoms with Crippen LogP contribution in [0.25, 0.3) is 0 Å². The molecule has 0 radical (unpaired) electrons. The lowest BCUT2D eigenvalue weighted by atomic mass is 10.3. The molecule has 0 saturated carbocycles.